The molecule has 24 heavy (non-hydrogen) atoms. The molecule has 1 aliphatic rings. The van der Waals surface area contributed by atoms with Gasteiger partial charge in [0.05, 0.1) is 12.1 Å². The van der Waals surface area contributed by atoms with Crippen molar-refractivity contribution in [3.8, 4) is 0 Å². The maximum absolute atomic E-state index is 12.6. The predicted octanol–water partition coefficient (Wildman–Crippen LogP) is 4.83. The van der Waals surface area contributed by atoms with E-state index in [1.54, 1.807) is 0 Å². The van der Waals surface area contributed by atoms with E-state index in [1.807, 2.05) is 36.4 Å². The molecule has 0 spiro atoms. The number of urea groups is 1. The van der Waals surface area contributed by atoms with Crippen molar-refractivity contribution in [1.82, 2.24) is 10.6 Å². The van der Waals surface area contributed by atoms with Crippen LogP contribution in [0.5, 0.6) is 0 Å². The number of nitrogens with one attached hydrogen (secondary N) is 2. The van der Waals surface area contributed by atoms with Gasteiger partial charge in [-0.25, -0.2) is 4.79 Å². The first-order chi connectivity index (χ1) is 11.6. The number of hydrogen-bond acceptors (Lipinski definition) is 1. The van der Waals surface area contributed by atoms with Gasteiger partial charge in [-0.05, 0) is 35.8 Å². The third-order valence-corrected chi connectivity index (χ3v) is 4.65. The van der Waals surface area contributed by atoms with Crippen LogP contribution >= 0.6 is 0 Å². The molecule has 0 heterocycles. The summed E-state index contributed by atoms with van der Waals surface area (Å²) >= 11 is 0. The minimum absolute atomic E-state index is 0.0156. The lowest BCUT2D eigenvalue weighted by atomic mass is 9.96. The zero-order valence-corrected chi connectivity index (χ0v) is 14.4. The Morgan fingerprint density at radius 1 is 0.875 bits per heavy atom. The van der Waals surface area contributed by atoms with Crippen molar-refractivity contribution in [3.05, 3.63) is 71.8 Å². The van der Waals surface area contributed by atoms with Crippen molar-refractivity contribution in [3.63, 3.8) is 0 Å². The molecule has 1 aliphatic carbocycles. The van der Waals surface area contributed by atoms with E-state index in [9.17, 15) is 4.79 Å². The summed E-state index contributed by atoms with van der Waals surface area (Å²) in [6, 6.07) is 20.5. The summed E-state index contributed by atoms with van der Waals surface area (Å²) in [5.41, 5.74) is 2.33. The van der Waals surface area contributed by atoms with E-state index in [-0.39, 0.29) is 18.1 Å². The third kappa shape index (κ3) is 4.16. The number of benzene rings is 2. The average Bonchev–Trinajstić information content (AvgIpc) is 3.44. The molecule has 0 aliphatic heterocycles. The van der Waals surface area contributed by atoms with E-state index in [0.29, 0.717) is 11.8 Å². The van der Waals surface area contributed by atoms with E-state index in [2.05, 4.69) is 48.7 Å². The fourth-order valence-electron chi connectivity index (χ4n) is 3.18. The number of carbonyl (C=O) groups excluding carboxylic acids is 1. The smallest absolute Gasteiger partial charge is 0.315 e. The molecular weight excluding hydrogens is 296 g/mol. The van der Waals surface area contributed by atoms with Gasteiger partial charge in [-0.15, -0.1) is 0 Å². The second-order valence-electron chi connectivity index (χ2n) is 6.98. The molecule has 0 bridgehead atoms. The molecule has 3 nitrogen and oxygen atoms in total. The summed E-state index contributed by atoms with van der Waals surface area (Å²) in [7, 11) is 0. The molecule has 2 atom stereocenters. The van der Waals surface area contributed by atoms with Crippen LogP contribution in [-0.2, 0) is 0 Å². The van der Waals surface area contributed by atoms with Gasteiger partial charge in [-0.2, -0.15) is 0 Å². The zero-order chi connectivity index (χ0) is 16.9. The molecule has 126 valence electrons. The van der Waals surface area contributed by atoms with Crippen LogP contribution in [0.25, 0.3) is 0 Å². The Labute approximate surface area is 144 Å². The topological polar surface area (TPSA) is 41.1 Å². The number of amides is 2. The Morgan fingerprint density at radius 2 is 1.42 bits per heavy atom. The monoisotopic (exact) mass is 322 g/mol. The van der Waals surface area contributed by atoms with Crippen molar-refractivity contribution in [2.45, 2.75) is 38.8 Å². The molecule has 0 radical (unpaired) electrons. The highest BCUT2D eigenvalue weighted by atomic mass is 16.2. The Bertz CT molecular complexity index is 601. The largest absolute Gasteiger partial charge is 0.331 e. The van der Waals surface area contributed by atoms with E-state index in [1.165, 1.54) is 18.4 Å². The summed E-state index contributed by atoms with van der Waals surface area (Å²) in [6.45, 7) is 4.26. The van der Waals surface area contributed by atoms with Crippen molar-refractivity contribution < 1.29 is 4.79 Å². The third-order valence-electron chi connectivity index (χ3n) is 4.65. The van der Waals surface area contributed by atoms with E-state index in [4.69, 9.17) is 0 Å². The van der Waals surface area contributed by atoms with Crippen LogP contribution in [0.2, 0.25) is 0 Å². The lowest BCUT2D eigenvalue weighted by molar-refractivity contribution is 0.227. The van der Waals surface area contributed by atoms with Crippen molar-refractivity contribution in [2.24, 2.45) is 11.8 Å². The molecule has 0 unspecified atom stereocenters. The normalized spacial score (nSPS) is 16.5. The SMILES string of the molecule is CC(C)[C@@H](NC(=O)N[C@@H](c1ccccc1)C1CC1)c1ccccc1. The molecule has 2 aromatic carbocycles. The maximum Gasteiger partial charge on any atom is 0.315 e. The second kappa shape index (κ2) is 7.52. The highest BCUT2D eigenvalue weighted by Gasteiger charge is 2.33. The van der Waals surface area contributed by atoms with Gasteiger partial charge in [0.1, 0.15) is 0 Å². The highest BCUT2D eigenvalue weighted by molar-refractivity contribution is 5.75. The zero-order valence-electron chi connectivity index (χ0n) is 14.4. The number of rotatable bonds is 6. The lowest BCUT2D eigenvalue weighted by Gasteiger charge is -2.25. The van der Waals surface area contributed by atoms with Crippen LogP contribution in [0.4, 0.5) is 4.79 Å². The van der Waals surface area contributed by atoms with Gasteiger partial charge < -0.3 is 10.6 Å². The Morgan fingerprint density at radius 3 is 1.92 bits per heavy atom. The first-order valence-electron chi connectivity index (χ1n) is 8.82. The quantitative estimate of drug-likeness (QED) is 0.785. The Hall–Kier alpha value is -2.29. The molecule has 1 saturated carbocycles. The number of hydrogen-bond donors (Lipinski definition) is 2. The first kappa shape index (κ1) is 16.6. The minimum atomic E-state index is -0.0849. The molecule has 0 aromatic heterocycles. The summed E-state index contributed by atoms with van der Waals surface area (Å²) < 4.78 is 0. The van der Waals surface area contributed by atoms with Gasteiger partial charge in [0, 0.05) is 0 Å². The molecule has 1 fully saturated rings. The minimum Gasteiger partial charge on any atom is -0.331 e. The van der Waals surface area contributed by atoms with Gasteiger partial charge in [-0.1, -0.05) is 74.5 Å². The summed E-state index contributed by atoms with van der Waals surface area (Å²) in [5, 5.41) is 6.37. The second-order valence-corrected chi connectivity index (χ2v) is 6.98. The summed E-state index contributed by atoms with van der Waals surface area (Å²) in [4.78, 5) is 12.6. The molecule has 2 aromatic rings. The molecule has 3 heteroatoms. The number of carbonyl (C=O) groups is 1. The standard InChI is InChI=1S/C21H26N2O/c1-15(2)19(16-9-5-3-6-10-16)22-21(24)23-20(18-13-14-18)17-11-7-4-8-12-17/h3-12,15,18-20H,13-14H2,1-2H3,(H2,22,23,24)/t19-,20+/m1/s1. The van der Waals surface area contributed by atoms with Gasteiger partial charge >= 0.3 is 6.03 Å². The fourth-order valence-corrected chi connectivity index (χ4v) is 3.18. The van der Waals surface area contributed by atoms with Crippen molar-refractivity contribution in [1.29, 1.82) is 0 Å². The van der Waals surface area contributed by atoms with Crippen LogP contribution in [0.3, 0.4) is 0 Å². The van der Waals surface area contributed by atoms with Crippen molar-refractivity contribution in [2.75, 3.05) is 0 Å². The molecule has 2 N–H and O–H groups in total. The van der Waals surface area contributed by atoms with Gasteiger partial charge in [0.2, 0.25) is 0 Å². The van der Waals surface area contributed by atoms with Crippen LogP contribution in [0.15, 0.2) is 60.7 Å². The van der Waals surface area contributed by atoms with Gasteiger partial charge in [0.25, 0.3) is 0 Å². The van der Waals surface area contributed by atoms with Crippen LogP contribution in [-0.4, -0.2) is 6.03 Å². The van der Waals surface area contributed by atoms with E-state index in [0.717, 1.165) is 5.56 Å². The first-order valence-corrected chi connectivity index (χ1v) is 8.82. The highest BCUT2D eigenvalue weighted by Crippen LogP contribution is 2.40. The van der Waals surface area contributed by atoms with Crippen molar-refractivity contribution >= 4 is 6.03 Å². The predicted molar refractivity (Wildman–Crippen MR) is 97.6 cm³/mol. The lowest BCUT2D eigenvalue weighted by Crippen LogP contribution is -2.42. The van der Waals surface area contributed by atoms with Crippen LogP contribution in [0, 0.1) is 11.8 Å². The maximum atomic E-state index is 12.6. The molecule has 0 saturated heterocycles. The van der Waals surface area contributed by atoms with E-state index >= 15 is 0 Å². The van der Waals surface area contributed by atoms with Crippen LogP contribution in [0.1, 0.15) is 49.9 Å². The van der Waals surface area contributed by atoms with Crippen LogP contribution < -0.4 is 10.6 Å². The van der Waals surface area contributed by atoms with Gasteiger partial charge in [0.15, 0.2) is 0 Å². The fraction of sp³-hybridized carbons (Fsp3) is 0.381. The Balaban J connectivity index is 1.69. The average molecular weight is 322 g/mol. The summed E-state index contributed by atoms with van der Waals surface area (Å²) in [5.74, 6) is 0.890. The molecule has 3 rings (SSSR count). The summed E-state index contributed by atoms with van der Waals surface area (Å²) in [6.07, 6.45) is 2.37. The molecular formula is C21H26N2O. The van der Waals surface area contributed by atoms with E-state index < -0.39 is 0 Å². The molecule has 2 amide bonds. The Kier molecular flexibility index (Phi) is 5.19. The van der Waals surface area contributed by atoms with Gasteiger partial charge in [-0.3, -0.25) is 0 Å².